The maximum atomic E-state index is 12.9. The summed E-state index contributed by atoms with van der Waals surface area (Å²) in [6.07, 6.45) is 1.78. The van der Waals surface area contributed by atoms with E-state index in [-0.39, 0.29) is 18.3 Å². The molecule has 1 fully saturated rings. The van der Waals surface area contributed by atoms with Crippen molar-refractivity contribution in [3.63, 3.8) is 0 Å². The Labute approximate surface area is 168 Å². The second-order valence-corrected chi connectivity index (χ2v) is 6.86. The van der Waals surface area contributed by atoms with Gasteiger partial charge in [-0.05, 0) is 36.4 Å². The zero-order chi connectivity index (χ0) is 20.1. The number of para-hydroxylation sites is 1. The highest BCUT2D eigenvalue weighted by atomic mass is 19.1. The number of halogens is 1. The number of aromatic nitrogens is 3. The molecular formula is C21H22FN5O2. The number of ether oxygens (including phenoxy) is 1. The van der Waals surface area contributed by atoms with Crippen LogP contribution in [0.3, 0.4) is 0 Å². The molecule has 2 aromatic carbocycles. The molecule has 1 saturated heterocycles. The van der Waals surface area contributed by atoms with Crippen molar-refractivity contribution >= 4 is 5.91 Å². The number of carbonyl (C=O) groups excluding carboxylic acids is 1. The molecule has 0 atom stereocenters. The van der Waals surface area contributed by atoms with Crippen molar-refractivity contribution in [3.05, 3.63) is 72.3 Å². The van der Waals surface area contributed by atoms with E-state index in [1.165, 1.54) is 24.3 Å². The standard InChI is InChI=1S/C21H22FN5O2/c22-17-6-8-20(9-7-17)29-16-21(28)26-12-10-25(11-13-26)15-18-14-23-27(24-18)19-4-2-1-3-5-19/h1-9,14H,10-13,15-16H2. The SMILES string of the molecule is O=C(COc1ccc(F)cc1)N1CCN(Cc2cnn(-c3ccccc3)n2)CC1. The van der Waals surface area contributed by atoms with Crippen LogP contribution in [-0.2, 0) is 11.3 Å². The fourth-order valence-electron chi connectivity index (χ4n) is 3.20. The van der Waals surface area contributed by atoms with Gasteiger partial charge in [0.1, 0.15) is 11.6 Å². The number of hydrogen-bond donors (Lipinski definition) is 0. The Hall–Kier alpha value is -3.26. The minimum atomic E-state index is -0.330. The molecule has 0 N–H and O–H groups in total. The van der Waals surface area contributed by atoms with E-state index in [0.29, 0.717) is 25.4 Å². The van der Waals surface area contributed by atoms with Crippen LogP contribution in [0.25, 0.3) is 5.69 Å². The summed E-state index contributed by atoms with van der Waals surface area (Å²) in [6, 6.07) is 15.4. The highest BCUT2D eigenvalue weighted by Gasteiger charge is 2.22. The van der Waals surface area contributed by atoms with Crippen molar-refractivity contribution < 1.29 is 13.9 Å². The van der Waals surface area contributed by atoms with Gasteiger partial charge < -0.3 is 9.64 Å². The van der Waals surface area contributed by atoms with Crippen LogP contribution >= 0.6 is 0 Å². The molecule has 150 valence electrons. The Bertz CT molecular complexity index is 937. The van der Waals surface area contributed by atoms with Crippen LogP contribution in [-0.4, -0.2) is 63.5 Å². The van der Waals surface area contributed by atoms with Crippen molar-refractivity contribution in [2.75, 3.05) is 32.8 Å². The van der Waals surface area contributed by atoms with Gasteiger partial charge in [-0.25, -0.2) is 4.39 Å². The summed E-state index contributed by atoms with van der Waals surface area (Å²) in [5.74, 6) is 0.0903. The summed E-state index contributed by atoms with van der Waals surface area (Å²) in [5, 5.41) is 8.86. The first-order valence-corrected chi connectivity index (χ1v) is 9.52. The lowest BCUT2D eigenvalue weighted by molar-refractivity contribution is -0.135. The first-order chi connectivity index (χ1) is 14.2. The van der Waals surface area contributed by atoms with Crippen LogP contribution in [0.15, 0.2) is 60.8 Å². The lowest BCUT2D eigenvalue weighted by atomic mass is 10.3. The lowest BCUT2D eigenvalue weighted by Gasteiger charge is -2.34. The summed E-state index contributed by atoms with van der Waals surface area (Å²) >= 11 is 0. The Kier molecular flexibility index (Phi) is 5.81. The lowest BCUT2D eigenvalue weighted by Crippen LogP contribution is -2.49. The summed E-state index contributed by atoms with van der Waals surface area (Å²) in [5.41, 5.74) is 1.82. The van der Waals surface area contributed by atoms with Crippen LogP contribution in [0.1, 0.15) is 5.69 Å². The van der Waals surface area contributed by atoms with E-state index in [2.05, 4.69) is 15.1 Å². The fourth-order valence-corrected chi connectivity index (χ4v) is 3.20. The number of carbonyl (C=O) groups is 1. The normalized spacial score (nSPS) is 14.7. The Morgan fingerprint density at radius 2 is 1.72 bits per heavy atom. The second kappa shape index (κ2) is 8.83. The molecule has 0 radical (unpaired) electrons. The van der Waals surface area contributed by atoms with Crippen LogP contribution < -0.4 is 4.74 Å². The third-order valence-electron chi connectivity index (χ3n) is 4.81. The van der Waals surface area contributed by atoms with Gasteiger partial charge in [0.2, 0.25) is 0 Å². The average molecular weight is 395 g/mol. The minimum Gasteiger partial charge on any atom is -0.484 e. The quantitative estimate of drug-likeness (QED) is 0.640. The third-order valence-corrected chi connectivity index (χ3v) is 4.81. The van der Waals surface area contributed by atoms with Gasteiger partial charge in [-0.15, -0.1) is 0 Å². The van der Waals surface area contributed by atoms with Gasteiger partial charge in [0.05, 0.1) is 17.6 Å². The smallest absolute Gasteiger partial charge is 0.260 e. The highest BCUT2D eigenvalue weighted by molar-refractivity contribution is 5.77. The van der Waals surface area contributed by atoms with E-state index in [1.54, 1.807) is 15.9 Å². The monoisotopic (exact) mass is 395 g/mol. The van der Waals surface area contributed by atoms with E-state index in [0.717, 1.165) is 24.5 Å². The summed E-state index contributed by atoms with van der Waals surface area (Å²) in [4.78, 5) is 18.0. The molecule has 1 aliphatic rings. The molecule has 1 amide bonds. The van der Waals surface area contributed by atoms with Gasteiger partial charge >= 0.3 is 0 Å². The molecule has 0 saturated carbocycles. The van der Waals surface area contributed by atoms with Crippen molar-refractivity contribution in [2.45, 2.75) is 6.54 Å². The Balaban J connectivity index is 1.23. The largest absolute Gasteiger partial charge is 0.484 e. The molecule has 7 nitrogen and oxygen atoms in total. The van der Waals surface area contributed by atoms with Crippen LogP contribution in [0, 0.1) is 5.82 Å². The Morgan fingerprint density at radius 1 is 1.00 bits per heavy atom. The molecule has 29 heavy (non-hydrogen) atoms. The van der Waals surface area contributed by atoms with E-state index >= 15 is 0 Å². The van der Waals surface area contributed by atoms with E-state index in [4.69, 9.17) is 4.74 Å². The first kappa shape index (κ1) is 19.1. The van der Waals surface area contributed by atoms with E-state index in [1.807, 2.05) is 30.3 Å². The zero-order valence-corrected chi connectivity index (χ0v) is 15.9. The molecule has 8 heteroatoms. The van der Waals surface area contributed by atoms with Crippen LogP contribution in [0.2, 0.25) is 0 Å². The van der Waals surface area contributed by atoms with Crippen molar-refractivity contribution in [1.82, 2.24) is 24.8 Å². The summed E-state index contributed by atoms with van der Waals surface area (Å²) in [6.45, 7) is 3.45. The van der Waals surface area contributed by atoms with Gasteiger partial charge in [-0.1, -0.05) is 18.2 Å². The van der Waals surface area contributed by atoms with Gasteiger partial charge in [0.25, 0.3) is 5.91 Å². The number of rotatable bonds is 6. The molecule has 0 bridgehead atoms. The predicted octanol–water partition coefficient (Wildman–Crippen LogP) is 2.13. The first-order valence-electron chi connectivity index (χ1n) is 9.52. The minimum absolute atomic E-state index is 0.0446. The van der Waals surface area contributed by atoms with E-state index < -0.39 is 0 Å². The number of piperazine rings is 1. The van der Waals surface area contributed by atoms with Crippen molar-refractivity contribution in [1.29, 1.82) is 0 Å². The zero-order valence-electron chi connectivity index (χ0n) is 15.9. The van der Waals surface area contributed by atoms with Crippen LogP contribution in [0.5, 0.6) is 5.75 Å². The second-order valence-electron chi connectivity index (χ2n) is 6.86. The maximum Gasteiger partial charge on any atom is 0.260 e. The molecular weight excluding hydrogens is 373 g/mol. The maximum absolute atomic E-state index is 12.9. The summed E-state index contributed by atoms with van der Waals surface area (Å²) < 4.78 is 18.4. The molecule has 1 aliphatic heterocycles. The molecule has 2 heterocycles. The number of nitrogens with zero attached hydrogens (tertiary/aromatic N) is 5. The predicted molar refractivity (Wildman–Crippen MR) is 105 cm³/mol. The van der Waals surface area contributed by atoms with Crippen molar-refractivity contribution in [2.24, 2.45) is 0 Å². The fraction of sp³-hybridized carbons (Fsp3) is 0.286. The third kappa shape index (κ3) is 4.97. The molecule has 1 aromatic heterocycles. The van der Waals surface area contributed by atoms with Gasteiger partial charge in [0, 0.05) is 32.7 Å². The van der Waals surface area contributed by atoms with Gasteiger partial charge in [0.15, 0.2) is 6.61 Å². The summed E-state index contributed by atoms with van der Waals surface area (Å²) in [7, 11) is 0. The molecule has 0 unspecified atom stereocenters. The number of amides is 1. The van der Waals surface area contributed by atoms with E-state index in [9.17, 15) is 9.18 Å². The van der Waals surface area contributed by atoms with Crippen LogP contribution in [0.4, 0.5) is 4.39 Å². The molecule has 0 aliphatic carbocycles. The number of hydrogen-bond acceptors (Lipinski definition) is 5. The Morgan fingerprint density at radius 3 is 2.45 bits per heavy atom. The average Bonchev–Trinajstić information content (AvgIpc) is 3.23. The van der Waals surface area contributed by atoms with Gasteiger partial charge in [-0.3, -0.25) is 9.69 Å². The number of benzene rings is 2. The molecule has 3 aromatic rings. The topological polar surface area (TPSA) is 63.5 Å². The molecule has 4 rings (SSSR count). The highest BCUT2D eigenvalue weighted by Crippen LogP contribution is 2.12. The van der Waals surface area contributed by atoms with Gasteiger partial charge in [-0.2, -0.15) is 15.0 Å². The van der Waals surface area contributed by atoms with Crippen molar-refractivity contribution in [3.8, 4) is 11.4 Å². The molecule has 0 spiro atoms.